The number of thiophene rings is 1. The molecule has 4 aromatic rings. The first-order chi connectivity index (χ1) is 18.5. The molecule has 0 radical (unpaired) electrons. The number of fused-ring (bicyclic) bond motifs is 6. The summed E-state index contributed by atoms with van der Waals surface area (Å²) in [5.41, 5.74) is 2.00. The normalized spacial score (nSPS) is 24.6. The highest BCUT2D eigenvalue weighted by Gasteiger charge is 2.70. The third-order valence-corrected chi connectivity index (χ3v) is 8.90. The lowest BCUT2D eigenvalue weighted by molar-refractivity contribution is -0.122. The van der Waals surface area contributed by atoms with Gasteiger partial charge in [-0.3, -0.25) is 14.4 Å². The molecule has 1 saturated heterocycles. The molecule has 1 N–H and O–H groups in total. The van der Waals surface area contributed by atoms with Crippen molar-refractivity contribution >= 4 is 40.6 Å². The Labute approximate surface area is 222 Å². The Balaban J connectivity index is 1.55. The Morgan fingerprint density at radius 2 is 1.66 bits per heavy atom. The van der Waals surface area contributed by atoms with E-state index in [1.54, 1.807) is 12.1 Å². The van der Waals surface area contributed by atoms with Gasteiger partial charge >= 0.3 is 0 Å². The molecule has 4 heterocycles. The SMILES string of the molecule is O=C(c1cccs1)[C@@H]1[C@@H](C(=O)c2ccc(F)cc2)[C@@]2(C(=O)Nc3ccccc32)[C@H]2c3ccccc3C=CN12. The largest absolute Gasteiger partial charge is 0.358 e. The lowest BCUT2D eigenvalue weighted by atomic mass is 9.63. The molecule has 0 bridgehead atoms. The van der Waals surface area contributed by atoms with E-state index in [0.717, 1.165) is 11.1 Å². The summed E-state index contributed by atoms with van der Waals surface area (Å²) in [6.07, 6.45) is 3.77. The number of halogens is 1. The molecule has 3 aromatic carbocycles. The smallest absolute Gasteiger partial charge is 0.238 e. The molecule has 1 fully saturated rings. The van der Waals surface area contributed by atoms with Gasteiger partial charge in [-0.2, -0.15) is 0 Å². The fourth-order valence-corrected chi connectivity index (χ4v) is 7.22. The van der Waals surface area contributed by atoms with Crippen molar-refractivity contribution in [3.8, 4) is 0 Å². The summed E-state index contributed by atoms with van der Waals surface area (Å²) in [4.78, 5) is 45.4. The summed E-state index contributed by atoms with van der Waals surface area (Å²) in [7, 11) is 0. The zero-order valence-corrected chi connectivity index (χ0v) is 20.8. The van der Waals surface area contributed by atoms with E-state index in [0.29, 0.717) is 16.1 Å². The molecule has 3 aliphatic rings. The summed E-state index contributed by atoms with van der Waals surface area (Å²) in [6, 6.07) is 22.5. The highest BCUT2D eigenvalue weighted by atomic mass is 32.1. The molecule has 1 aromatic heterocycles. The number of para-hydroxylation sites is 1. The van der Waals surface area contributed by atoms with Gasteiger partial charge in [0, 0.05) is 17.5 Å². The van der Waals surface area contributed by atoms with Crippen molar-refractivity contribution in [2.24, 2.45) is 5.92 Å². The summed E-state index contributed by atoms with van der Waals surface area (Å²) in [5, 5.41) is 4.85. The van der Waals surface area contributed by atoms with Gasteiger partial charge in [-0.25, -0.2) is 4.39 Å². The number of hydrogen-bond donors (Lipinski definition) is 1. The van der Waals surface area contributed by atoms with Crippen LogP contribution in [-0.4, -0.2) is 28.4 Å². The second-order valence-electron chi connectivity index (χ2n) is 9.80. The molecule has 7 rings (SSSR count). The molecule has 1 spiro atoms. The quantitative estimate of drug-likeness (QED) is 0.342. The van der Waals surface area contributed by atoms with E-state index in [9.17, 15) is 18.8 Å². The minimum Gasteiger partial charge on any atom is -0.358 e. The van der Waals surface area contributed by atoms with Crippen LogP contribution in [0.15, 0.2) is 96.5 Å². The van der Waals surface area contributed by atoms with Crippen LogP contribution in [0.1, 0.15) is 42.8 Å². The first-order valence-electron chi connectivity index (χ1n) is 12.3. The van der Waals surface area contributed by atoms with Crippen molar-refractivity contribution in [2.45, 2.75) is 17.5 Å². The molecule has 186 valence electrons. The van der Waals surface area contributed by atoms with E-state index >= 15 is 0 Å². The summed E-state index contributed by atoms with van der Waals surface area (Å²) in [6.45, 7) is 0. The van der Waals surface area contributed by atoms with E-state index in [2.05, 4.69) is 5.32 Å². The number of carbonyl (C=O) groups is 3. The molecule has 5 nitrogen and oxygen atoms in total. The van der Waals surface area contributed by atoms with Gasteiger partial charge in [0.2, 0.25) is 5.91 Å². The molecule has 0 aliphatic carbocycles. The Morgan fingerprint density at radius 1 is 0.895 bits per heavy atom. The molecule has 7 heteroatoms. The molecule has 4 atom stereocenters. The average Bonchev–Trinajstić information content (AvgIpc) is 3.65. The van der Waals surface area contributed by atoms with Gasteiger partial charge < -0.3 is 10.2 Å². The maximum Gasteiger partial charge on any atom is 0.238 e. The molecular formula is C31H21FN2O3S. The van der Waals surface area contributed by atoms with E-state index < -0.39 is 29.2 Å². The van der Waals surface area contributed by atoms with Crippen LogP contribution < -0.4 is 5.32 Å². The van der Waals surface area contributed by atoms with Crippen LogP contribution in [0.5, 0.6) is 0 Å². The van der Waals surface area contributed by atoms with Crippen molar-refractivity contribution in [3.63, 3.8) is 0 Å². The van der Waals surface area contributed by atoms with Gasteiger partial charge in [0.1, 0.15) is 17.3 Å². The van der Waals surface area contributed by atoms with Gasteiger partial charge in [0.15, 0.2) is 11.6 Å². The number of anilines is 1. The number of carbonyl (C=O) groups excluding carboxylic acids is 3. The van der Waals surface area contributed by atoms with Crippen LogP contribution in [0.25, 0.3) is 6.08 Å². The zero-order valence-electron chi connectivity index (χ0n) is 20.0. The molecule has 3 aliphatic heterocycles. The fraction of sp³-hybridized carbons (Fsp3) is 0.129. The van der Waals surface area contributed by atoms with Gasteiger partial charge in [-0.05, 0) is 64.5 Å². The Kier molecular flexibility index (Phi) is 5.00. The van der Waals surface area contributed by atoms with Crippen molar-refractivity contribution in [3.05, 3.63) is 129 Å². The van der Waals surface area contributed by atoms with Crippen LogP contribution in [0.2, 0.25) is 0 Å². The Bertz CT molecular complexity index is 1650. The summed E-state index contributed by atoms with van der Waals surface area (Å²) >= 11 is 1.31. The summed E-state index contributed by atoms with van der Waals surface area (Å²) < 4.78 is 13.8. The average molecular weight is 521 g/mol. The Morgan fingerprint density at radius 3 is 2.45 bits per heavy atom. The molecular weight excluding hydrogens is 499 g/mol. The number of hydrogen-bond acceptors (Lipinski definition) is 5. The van der Waals surface area contributed by atoms with Crippen molar-refractivity contribution < 1.29 is 18.8 Å². The minimum atomic E-state index is -1.39. The maximum absolute atomic E-state index is 14.5. The number of nitrogens with one attached hydrogen (secondary N) is 1. The van der Waals surface area contributed by atoms with Crippen LogP contribution in [-0.2, 0) is 10.2 Å². The second-order valence-corrected chi connectivity index (χ2v) is 10.7. The predicted octanol–water partition coefficient (Wildman–Crippen LogP) is 5.87. The van der Waals surface area contributed by atoms with Crippen LogP contribution in [0, 0.1) is 11.7 Å². The molecule has 0 saturated carbocycles. The number of ketones is 2. The predicted molar refractivity (Wildman–Crippen MR) is 143 cm³/mol. The lowest BCUT2D eigenvalue weighted by Gasteiger charge is -2.38. The fourth-order valence-electron chi connectivity index (χ4n) is 6.53. The monoisotopic (exact) mass is 520 g/mol. The third-order valence-electron chi connectivity index (χ3n) is 8.01. The third kappa shape index (κ3) is 2.99. The lowest BCUT2D eigenvalue weighted by Crippen LogP contribution is -2.49. The van der Waals surface area contributed by atoms with Crippen LogP contribution in [0.3, 0.4) is 0 Å². The number of Topliss-reactive ketones (excluding diaryl/α,β-unsaturated/α-hetero) is 2. The van der Waals surface area contributed by atoms with E-state index in [1.807, 2.05) is 71.1 Å². The number of rotatable bonds is 4. The summed E-state index contributed by atoms with van der Waals surface area (Å²) in [5.74, 6) is -2.43. The zero-order chi connectivity index (χ0) is 26.0. The standard InChI is InChI=1S/C31H21FN2O3S/c32-20-13-11-19(12-14-20)27(35)25-26(28(36)24-10-5-17-38-24)34-16-15-18-6-1-2-7-21(18)29(34)31(25)22-8-3-4-9-23(22)33-30(31)37/h1-17,25-26,29H,(H,33,37)/t25-,26-,29+,31+/m0/s1. The van der Waals surface area contributed by atoms with Crippen LogP contribution in [0.4, 0.5) is 10.1 Å². The van der Waals surface area contributed by atoms with Crippen molar-refractivity contribution in [1.29, 1.82) is 0 Å². The van der Waals surface area contributed by atoms with Gasteiger partial charge in [-0.15, -0.1) is 11.3 Å². The number of benzene rings is 3. The van der Waals surface area contributed by atoms with Gasteiger partial charge in [0.25, 0.3) is 0 Å². The maximum atomic E-state index is 14.5. The van der Waals surface area contributed by atoms with E-state index in [1.165, 1.54) is 35.6 Å². The molecule has 1 amide bonds. The molecule has 38 heavy (non-hydrogen) atoms. The van der Waals surface area contributed by atoms with Crippen LogP contribution >= 0.6 is 11.3 Å². The topological polar surface area (TPSA) is 66.5 Å². The first-order valence-corrected chi connectivity index (χ1v) is 13.2. The van der Waals surface area contributed by atoms with Crippen molar-refractivity contribution in [1.82, 2.24) is 4.90 Å². The Hall–Kier alpha value is -4.36. The van der Waals surface area contributed by atoms with E-state index in [-0.39, 0.29) is 23.0 Å². The molecule has 0 unspecified atom stereocenters. The van der Waals surface area contributed by atoms with E-state index in [4.69, 9.17) is 0 Å². The number of nitrogens with zero attached hydrogens (tertiary/aromatic N) is 1. The first kappa shape index (κ1) is 22.8. The second kappa shape index (κ2) is 8.33. The highest BCUT2D eigenvalue weighted by Crippen LogP contribution is 2.62. The minimum absolute atomic E-state index is 0.219. The van der Waals surface area contributed by atoms with Gasteiger partial charge in [-0.1, -0.05) is 48.5 Å². The number of amides is 1. The van der Waals surface area contributed by atoms with Crippen molar-refractivity contribution in [2.75, 3.05) is 5.32 Å². The van der Waals surface area contributed by atoms with Gasteiger partial charge in [0.05, 0.1) is 16.8 Å². The highest BCUT2D eigenvalue weighted by molar-refractivity contribution is 7.12.